The van der Waals surface area contributed by atoms with Crippen LogP contribution in [0, 0.1) is 0 Å². The molecule has 2 rings (SSSR count). The van der Waals surface area contributed by atoms with Gasteiger partial charge in [-0.1, -0.05) is 30.3 Å². The third-order valence-corrected chi connectivity index (χ3v) is 3.19. The fourth-order valence-corrected chi connectivity index (χ4v) is 2.06. The average Bonchev–Trinajstić information content (AvgIpc) is 2.49. The van der Waals surface area contributed by atoms with E-state index < -0.39 is 11.2 Å². The maximum absolute atomic E-state index is 12.2. The zero-order valence-corrected chi connectivity index (χ0v) is 12.1. The normalized spacial score (nSPS) is 10.6. The molecule has 1 aromatic heterocycles. The van der Waals surface area contributed by atoms with Crippen molar-refractivity contribution in [3.63, 3.8) is 0 Å². The van der Waals surface area contributed by atoms with Gasteiger partial charge in [0.1, 0.15) is 0 Å². The minimum Gasteiger partial charge on any atom is -0.395 e. The molecule has 0 amide bonds. The van der Waals surface area contributed by atoms with Gasteiger partial charge in [-0.2, -0.15) is 0 Å². The standard InChI is InChI=1S/C14H18N4O3/c1-16-13(20)12(15-17(2)14(16)21)18(8-9-19)10-11-6-4-3-5-7-11/h3-7,19H,8-10H2,1-2H3. The number of rotatable bonds is 5. The van der Waals surface area contributed by atoms with Gasteiger partial charge >= 0.3 is 5.69 Å². The fraction of sp³-hybridized carbons (Fsp3) is 0.357. The lowest BCUT2D eigenvalue weighted by molar-refractivity contribution is 0.300. The number of hydrogen-bond acceptors (Lipinski definition) is 5. The summed E-state index contributed by atoms with van der Waals surface area (Å²) in [4.78, 5) is 25.6. The molecule has 0 bridgehead atoms. The van der Waals surface area contributed by atoms with Crippen LogP contribution < -0.4 is 16.1 Å². The average molecular weight is 290 g/mol. The van der Waals surface area contributed by atoms with E-state index in [1.165, 1.54) is 14.1 Å². The molecule has 0 saturated carbocycles. The van der Waals surface area contributed by atoms with E-state index in [0.29, 0.717) is 6.54 Å². The summed E-state index contributed by atoms with van der Waals surface area (Å²) >= 11 is 0. The second-order valence-corrected chi connectivity index (χ2v) is 4.72. The molecule has 1 heterocycles. The lowest BCUT2D eigenvalue weighted by Gasteiger charge is -2.22. The molecule has 0 atom stereocenters. The zero-order valence-electron chi connectivity index (χ0n) is 12.1. The van der Waals surface area contributed by atoms with Crippen LogP contribution in [0.3, 0.4) is 0 Å². The first-order valence-corrected chi connectivity index (χ1v) is 6.58. The van der Waals surface area contributed by atoms with Crippen LogP contribution in [0.25, 0.3) is 0 Å². The predicted octanol–water partition coefficient (Wildman–Crippen LogP) is -0.522. The highest BCUT2D eigenvalue weighted by molar-refractivity contribution is 5.36. The molecule has 21 heavy (non-hydrogen) atoms. The van der Waals surface area contributed by atoms with Crippen LogP contribution in [0.5, 0.6) is 0 Å². The molecule has 0 spiro atoms. The number of benzene rings is 1. The van der Waals surface area contributed by atoms with E-state index in [2.05, 4.69) is 5.10 Å². The number of hydrogen-bond donors (Lipinski definition) is 1. The minimum absolute atomic E-state index is 0.111. The summed E-state index contributed by atoms with van der Waals surface area (Å²) < 4.78 is 2.13. The van der Waals surface area contributed by atoms with Crippen LogP contribution in [0.1, 0.15) is 5.56 Å². The van der Waals surface area contributed by atoms with Crippen LogP contribution >= 0.6 is 0 Å². The van der Waals surface area contributed by atoms with Crippen molar-refractivity contribution in [2.45, 2.75) is 6.54 Å². The van der Waals surface area contributed by atoms with Crippen molar-refractivity contribution in [2.75, 3.05) is 18.1 Å². The van der Waals surface area contributed by atoms with Crippen molar-refractivity contribution in [1.29, 1.82) is 0 Å². The Bertz CT molecular complexity index is 721. The molecule has 0 aliphatic rings. The van der Waals surface area contributed by atoms with Crippen LogP contribution in [-0.2, 0) is 20.6 Å². The van der Waals surface area contributed by atoms with Crippen LogP contribution in [0.15, 0.2) is 39.9 Å². The summed E-state index contributed by atoms with van der Waals surface area (Å²) in [5.41, 5.74) is 0.0403. The van der Waals surface area contributed by atoms with Crippen molar-refractivity contribution in [3.8, 4) is 0 Å². The third kappa shape index (κ3) is 3.19. The Morgan fingerprint density at radius 1 is 1.19 bits per heavy atom. The van der Waals surface area contributed by atoms with E-state index in [-0.39, 0.29) is 19.0 Å². The van der Waals surface area contributed by atoms with Gasteiger partial charge in [0.05, 0.1) is 6.61 Å². The van der Waals surface area contributed by atoms with E-state index in [4.69, 9.17) is 0 Å². The van der Waals surface area contributed by atoms with Gasteiger partial charge in [0.2, 0.25) is 5.82 Å². The van der Waals surface area contributed by atoms with E-state index >= 15 is 0 Å². The van der Waals surface area contributed by atoms with Crippen molar-refractivity contribution in [2.24, 2.45) is 14.1 Å². The highest BCUT2D eigenvalue weighted by Gasteiger charge is 2.16. The fourth-order valence-electron chi connectivity index (χ4n) is 2.06. The topological polar surface area (TPSA) is 80.4 Å². The first-order valence-electron chi connectivity index (χ1n) is 6.58. The van der Waals surface area contributed by atoms with E-state index in [9.17, 15) is 14.7 Å². The molecule has 7 nitrogen and oxygen atoms in total. The number of aryl methyl sites for hydroxylation is 1. The van der Waals surface area contributed by atoms with Crippen LogP contribution in [0.2, 0.25) is 0 Å². The monoisotopic (exact) mass is 290 g/mol. The first kappa shape index (κ1) is 15.0. The number of aromatic nitrogens is 3. The minimum atomic E-state index is -0.479. The van der Waals surface area contributed by atoms with Gasteiger partial charge in [-0.25, -0.2) is 9.48 Å². The van der Waals surface area contributed by atoms with Gasteiger partial charge in [0, 0.05) is 27.2 Å². The summed E-state index contributed by atoms with van der Waals surface area (Å²) in [6, 6.07) is 9.56. The largest absolute Gasteiger partial charge is 0.395 e. The maximum atomic E-state index is 12.2. The molecule has 0 unspecified atom stereocenters. The Balaban J connectivity index is 2.44. The molecule has 7 heteroatoms. The molecule has 112 valence electrons. The molecular formula is C14H18N4O3. The Morgan fingerprint density at radius 3 is 2.48 bits per heavy atom. The zero-order chi connectivity index (χ0) is 15.4. The third-order valence-electron chi connectivity index (χ3n) is 3.19. The van der Waals surface area contributed by atoms with Crippen molar-refractivity contribution >= 4 is 5.82 Å². The highest BCUT2D eigenvalue weighted by atomic mass is 16.3. The van der Waals surface area contributed by atoms with E-state index in [1.807, 2.05) is 30.3 Å². The molecule has 0 fully saturated rings. The van der Waals surface area contributed by atoms with Gasteiger partial charge in [-0.05, 0) is 5.56 Å². The van der Waals surface area contributed by atoms with Crippen molar-refractivity contribution in [3.05, 3.63) is 56.7 Å². The Labute approximate surface area is 121 Å². The second-order valence-electron chi connectivity index (χ2n) is 4.72. The second kappa shape index (κ2) is 6.36. The number of nitrogens with zero attached hydrogens (tertiary/aromatic N) is 4. The maximum Gasteiger partial charge on any atom is 0.346 e. The summed E-state index contributed by atoms with van der Waals surface area (Å²) in [5, 5.41) is 13.2. The summed E-state index contributed by atoms with van der Waals surface area (Å²) in [5.74, 6) is 0.150. The van der Waals surface area contributed by atoms with Crippen LogP contribution in [0.4, 0.5) is 5.82 Å². The summed E-state index contributed by atoms with van der Waals surface area (Å²) in [6.07, 6.45) is 0. The van der Waals surface area contributed by atoms with Gasteiger partial charge in [0.15, 0.2) is 0 Å². The lowest BCUT2D eigenvalue weighted by atomic mass is 10.2. The summed E-state index contributed by atoms with van der Waals surface area (Å²) in [7, 11) is 2.90. The molecule has 0 aliphatic carbocycles. The number of anilines is 1. The number of aliphatic hydroxyl groups is 1. The molecule has 1 aromatic carbocycles. The molecule has 0 saturated heterocycles. The predicted molar refractivity (Wildman–Crippen MR) is 79.3 cm³/mol. The van der Waals surface area contributed by atoms with Gasteiger partial charge in [-0.15, -0.1) is 5.10 Å². The Morgan fingerprint density at radius 2 is 1.86 bits per heavy atom. The summed E-state index contributed by atoms with van der Waals surface area (Å²) in [6.45, 7) is 0.581. The van der Waals surface area contributed by atoms with Gasteiger partial charge in [-0.3, -0.25) is 9.36 Å². The van der Waals surface area contributed by atoms with Crippen LogP contribution in [-0.4, -0.2) is 32.6 Å². The quantitative estimate of drug-likeness (QED) is 0.801. The molecule has 1 N–H and O–H groups in total. The molecule has 2 aromatic rings. The van der Waals surface area contributed by atoms with E-state index in [0.717, 1.165) is 14.8 Å². The Hall–Kier alpha value is -2.41. The molecular weight excluding hydrogens is 272 g/mol. The first-order chi connectivity index (χ1) is 10.0. The molecule has 0 radical (unpaired) electrons. The van der Waals surface area contributed by atoms with Gasteiger partial charge in [0.25, 0.3) is 5.56 Å². The van der Waals surface area contributed by atoms with Gasteiger partial charge < -0.3 is 10.0 Å². The van der Waals surface area contributed by atoms with Crippen molar-refractivity contribution in [1.82, 2.24) is 14.3 Å². The lowest BCUT2D eigenvalue weighted by Crippen LogP contribution is -2.43. The van der Waals surface area contributed by atoms with Crippen molar-refractivity contribution < 1.29 is 5.11 Å². The smallest absolute Gasteiger partial charge is 0.346 e. The SMILES string of the molecule is Cn1nc(N(CCO)Cc2ccccc2)c(=O)n(C)c1=O. The molecule has 0 aliphatic heterocycles. The Kier molecular flexibility index (Phi) is 4.54. The highest BCUT2D eigenvalue weighted by Crippen LogP contribution is 2.09. The van der Waals surface area contributed by atoms with E-state index in [1.54, 1.807) is 4.90 Å². The number of aliphatic hydroxyl groups excluding tert-OH is 1.